The average molecular weight is 266 g/mol. The maximum absolute atomic E-state index is 12.2. The van der Waals surface area contributed by atoms with E-state index in [1.165, 1.54) is 0 Å². The Labute approximate surface area is 119 Å². The number of allylic oxidation sites excluding steroid dienone is 1. The van der Waals surface area contributed by atoms with Crippen molar-refractivity contribution in [2.45, 2.75) is 19.8 Å². The molecule has 2 nitrogen and oxygen atoms in total. The van der Waals surface area contributed by atoms with Crippen LogP contribution < -0.4 is 4.74 Å². The molecule has 0 atom stereocenters. The second-order valence-electron chi connectivity index (χ2n) is 4.50. The molecule has 0 aliphatic rings. The summed E-state index contributed by atoms with van der Waals surface area (Å²) in [5.41, 5.74) is 1.81. The summed E-state index contributed by atoms with van der Waals surface area (Å²) in [6.07, 6.45) is 3.34. The van der Waals surface area contributed by atoms with Crippen LogP contribution in [0.2, 0.25) is 0 Å². The summed E-state index contributed by atoms with van der Waals surface area (Å²) in [4.78, 5) is 12.2. The Hall–Kier alpha value is -2.35. The Balaban J connectivity index is 2.09. The lowest BCUT2D eigenvalue weighted by Crippen LogP contribution is -2.13. The van der Waals surface area contributed by atoms with Crippen molar-refractivity contribution in [3.8, 4) is 5.75 Å². The van der Waals surface area contributed by atoms with Gasteiger partial charge >= 0.3 is 5.97 Å². The van der Waals surface area contributed by atoms with E-state index >= 15 is 0 Å². The Kier molecular flexibility index (Phi) is 5.13. The first-order chi connectivity index (χ1) is 9.79. The fourth-order valence-electron chi connectivity index (χ4n) is 1.95. The van der Waals surface area contributed by atoms with Crippen molar-refractivity contribution in [1.82, 2.24) is 0 Å². The Morgan fingerprint density at radius 3 is 2.20 bits per heavy atom. The largest absolute Gasteiger partial charge is 0.423 e. The predicted molar refractivity (Wildman–Crippen MR) is 80.6 cm³/mol. The highest BCUT2D eigenvalue weighted by atomic mass is 16.5. The summed E-state index contributed by atoms with van der Waals surface area (Å²) in [5, 5.41) is 0. The number of carbonyl (C=O) groups excluding carboxylic acids is 1. The first-order valence-electron chi connectivity index (χ1n) is 6.79. The summed E-state index contributed by atoms with van der Waals surface area (Å²) in [6, 6.07) is 19.1. The number of carbonyl (C=O) groups is 1. The van der Waals surface area contributed by atoms with Crippen LogP contribution in [-0.2, 0) is 11.2 Å². The molecule has 2 rings (SSSR count). The average Bonchev–Trinajstić information content (AvgIpc) is 2.49. The lowest BCUT2D eigenvalue weighted by molar-refractivity contribution is -0.130. The van der Waals surface area contributed by atoms with Crippen LogP contribution in [0.4, 0.5) is 0 Å². The van der Waals surface area contributed by atoms with Crippen LogP contribution in [0.1, 0.15) is 18.9 Å². The maximum atomic E-state index is 12.2. The maximum Gasteiger partial charge on any atom is 0.339 e. The number of rotatable bonds is 5. The molecular weight excluding hydrogens is 248 g/mol. The Morgan fingerprint density at radius 2 is 1.60 bits per heavy atom. The molecule has 0 amide bonds. The molecule has 0 radical (unpaired) electrons. The van der Waals surface area contributed by atoms with Crippen LogP contribution in [0.3, 0.4) is 0 Å². The van der Waals surface area contributed by atoms with Gasteiger partial charge in [-0.1, -0.05) is 61.5 Å². The number of para-hydroxylation sites is 1. The van der Waals surface area contributed by atoms with Crippen molar-refractivity contribution in [2.24, 2.45) is 0 Å². The third-order valence-corrected chi connectivity index (χ3v) is 2.90. The zero-order valence-electron chi connectivity index (χ0n) is 11.6. The molecule has 0 aromatic heterocycles. The van der Waals surface area contributed by atoms with E-state index < -0.39 is 0 Å². The van der Waals surface area contributed by atoms with Gasteiger partial charge in [0.2, 0.25) is 0 Å². The number of ether oxygens (including phenoxy) is 1. The van der Waals surface area contributed by atoms with Gasteiger partial charge in [0.1, 0.15) is 5.75 Å². The molecule has 2 aromatic rings. The van der Waals surface area contributed by atoms with Crippen molar-refractivity contribution in [2.75, 3.05) is 0 Å². The van der Waals surface area contributed by atoms with Crippen LogP contribution in [0.15, 0.2) is 72.3 Å². The van der Waals surface area contributed by atoms with Crippen molar-refractivity contribution < 1.29 is 9.53 Å². The summed E-state index contributed by atoms with van der Waals surface area (Å²) >= 11 is 0. The summed E-state index contributed by atoms with van der Waals surface area (Å²) in [5.74, 6) is 0.300. The topological polar surface area (TPSA) is 26.3 Å². The zero-order chi connectivity index (χ0) is 14.2. The van der Waals surface area contributed by atoms with Crippen LogP contribution in [0, 0.1) is 0 Å². The van der Waals surface area contributed by atoms with Gasteiger partial charge in [0.05, 0.1) is 0 Å². The predicted octanol–water partition coefficient (Wildman–Crippen LogP) is 4.17. The van der Waals surface area contributed by atoms with Crippen LogP contribution >= 0.6 is 0 Å². The molecule has 20 heavy (non-hydrogen) atoms. The summed E-state index contributed by atoms with van der Waals surface area (Å²) in [7, 11) is 0. The lowest BCUT2D eigenvalue weighted by Gasteiger charge is -2.08. The fraction of sp³-hybridized carbons (Fsp3) is 0.167. The van der Waals surface area contributed by atoms with Crippen molar-refractivity contribution in [3.05, 3.63) is 77.9 Å². The van der Waals surface area contributed by atoms with Crippen LogP contribution in [0.5, 0.6) is 5.75 Å². The minimum atomic E-state index is -0.276. The zero-order valence-corrected chi connectivity index (χ0v) is 11.6. The molecule has 0 fully saturated rings. The van der Waals surface area contributed by atoms with E-state index in [0.717, 1.165) is 12.0 Å². The molecule has 2 heteroatoms. The van der Waals surface area contributed by atoms with Gasteiger partial charge in [-0.15, -0.1) is 0 Å². The van der Waals surface area contributed by atoms with E-state index in [1.807, 2.05) is 61.5 Å². The van der Waals surface area contributed by atoms with E-state index in [1.54, 1.807) is 12.1 Å². The van der Waals surface area contributed by atoms with Gasteiger partial charge in [0.25, 0.3) is 0 Å². The smallest absolute Gasteiger partial charge is 0.339 e. The highest BCUT2D eigenvalue weighted by molar-refractivity contribution is 5.90. The molecule has 0 heterocycles. The number of benzene rings is 2. The first kappa shape index (κ1) is 14.1. The third-order valence-electron chi connectivity index (χ3n) is 2.90. The Bertz CT molecular complexity index is 571. The quantitative estimate of drug-likeness (QED) is 0.461. The molecule has 102 valence electrons. The molecule has 0 spiro atoms. The Morgan fingerprint density at radius 1 is 1.00 bits per heavy atom. The van der Waals surface area contributed by atoms with Gasteiger partial charge in [0.15, 0.2) is 0 Å². The van der Waals surface area contributed by atoms with Gasteiger partial charge in [-0.05, 0) is 24.1 Å². The van der Waals surface area contributed by atoms with E-state index in [9.17, 15) is 4.79 Å². The minimum Gasteiger partial charge on any atom is -0.423 e. The van der Waals surface area contributed by atoms with E-state index in [2.05, 4.69) is 0 Å². The van der Waals surface area contributed by atoms with Gasteiger partial charge < -0.3 is 4.74 Å². The molecule has 0 saturated carbocycles. The molecule has 0 unspecified atom stereocenters. The molecule has 0 aliphatic carbocycles. The second kappa shape index (κ2) is 7.29. The molecular formula is C18H18O2. The molecule has 2 aromatic carbocycles. The number of esters is 1. The van der Waals surface area contributed by atoms with E-state index in [0.29, 0.717) is 17.7 Å². The number of hydrogen-bond acceptors (Lipinski definition) is 2. The monoisotopic (exact) mass is 266 g/mol. The number of hydrogen-bond donors (Lipinski definition) is 0. The minimum absolute atomic E-state index is 0.276. The molecule has 0 aliphatic heterocycles. The third kappa shape index (κ3) is 4.09. The highest BCUT2D eigenvalue weighted by Gasteiger charge is 2.12. The van der Waals surface area contributed by atoms with Crippen molar-refractivity contribution in [1.29, 1.82) is 0 Å². The van der Waals surface area contributed by atoms with Gasteiger partial charge in [-0.2, -0.15) is 0 Å². The highest BCUT2D eigenvalue weighted by Crippen LogP contribution is 2.14. The van der Waals surface area contributed by atoms with E-state index in [-0.39, 0.29) is 5.97 Å². The summed E-state index contributed by atoms with van der Waals surface area (Å²) < 4.78 is 5.39. The van der Waals surface area contributed by atoms with Crippen LogP contribution in [-0.4, -0.2) is 5.97 Å². The van der Waals surface area contributed by atoms with Gasteiger partial charge in [0, 0.05) is 12.0 Å². The fourth-order valence-corrected chi connectivity index (χ4v) is 1.95. The van der Waals surface area contributed by atoms with Gasteiger partial charge in [-0.25, -0.2) is 4.79 Å². The normalized spacial score (nSPS) is 11.2. The van der Waals surface area contributed by atoms with E-state index in [4.69, 9.17) is 4.74 Å². The SMILES string of the molecule is CCC=C(Cc1ccccc1)C(=O)Oc1ccccc1. The standard InChI is InChI=1S/C18H18O2/c1-2-9-16(14-15-10-5-3-6-11-15)18(19)20-17-12-7-4-8-13-17/h3-13H,2,14H2,1H3. The van der Waals surface area contributed by atoms with Gasteiger partial charge in [-0.3, -0.25) is 0 Å². The van der Waals surface area contributed by atoms with Crippen LogP contribution in [0.25, 0.3) is 0 Å². The molecule has 0 N–H and O–H groups in total. The molecule has 0 saturated heterocycles. The first-order valence-corrected chi connectivity index (χ1v) is 6.79. The lowest BCUT2D eigenvalue weighted by atomic mass is 10.0. The summed E-state index contributed by atoms with van der Waals surface area (Å²) in [6.45, 7) is 2.01. The second-order valence-corrected chi connectivity index (χ2v) is 4.50. The van der Waals surface area contributed by atoms with Crippen molar-refractivity contribution >= 4 is 5.97 Å². The van der Waals surface area contributed by atoms with Crippen molar-refractivity contribution in [3.63, 3.8) is 0 Å². The molecule has 0 bridgehead atoms.